The van der Waals surface area contributed by atoms with Crippen molar-refractivity contribution in [1.29, 1.82) is 0 Å². The van der Waals surface area contributed by atoms with Crippen LogP contribution in [-0.4, -0.2) is 28.2 Å². The summed E-state index contributed by atoms with van der Waals surface area (Å²) >= 11 is 0. The van der Waals surface area contributed by atoms with Crippen LogP contribution in [0.2, 0.25) is 0 Å². The Balaban J connectivity index is 2.19. The van der Waals surface area contributed by atoms with Gasteiger partial charge in [0, 0.05) is 12.5 Å². The lowest BCUT2D eigenvalue weighted by molar-refractivity contribution is -0.118. The van der Waals surface area contributed by atoms with Gasteiger partial charge in [0.05, 0.1) is 19.0 Å². The van der Waals surface area contributed by atoms with Gasteiger partial charge in [-0.05, 0) is 24.3 Å². The van der Waals surface area contributed by atoms with Crippen molar-refractivity contribution in [1.82, 2.24) is 20.6 Å². The molecule has 0 aliphatic rings. The minimum atomic E-state index is -0.238. The van der Waals surface area contributed by atoms with Crippen molar-refractivity contribution in [2.45, 2.75) is 6.92 Å². The second-order valence-corrected chi connectivity index (χ2v) is 3.70. The van der Waals surface area contributed by atoms with E-state index in [1.54, 1.807) is 13.3 Å². The number of hydrogen-bond donors (Lipinski definition) is 2. The molecule has 1 amide bonds. The number of benzene rings is 1. The minimum absolute atomic E-state index is 0.225. The highest BCUT2D eigenvalue weighted by molar-refractivity contribution is 5.74. The molecule has 1 heterocycles. The molecule has 0 atom stereocenters. The fraction of sp³-hybridized carbons (Fsp3) is 0.167. The lowest BCUT2D eigenvalue weighted by Crippen LogP contribution is -2.27. The molecule has 98 valence electrons. The molecule has 7 nitrogen and oxygen atoms in total. The Hall–Kier alpha value is -2.70. The summed E-state index contributed by atoms with van der Waals surface area (Å²) in [4.78, 5) is 15.0. The number of amides is 1. The number of aromatic nitrogens is 3. The van der Waals surface area contributed by atoms with Crippen molar-refractivity contribution in [3.05, 3.63) is 30.5 Å². The van der Waals surface area contributed by atoms with E-state index >= 15 is 0 Å². The predicted molar refractivity (Wildman–Crippen MR) is 69.3 cm³/mol. The lowest BCUT2D eigenvalue weighted by atomic mass is 10.1. The Kier molecular flexibility index (Phi) is 3.87. The van der Waals surface area contributed by atoms with Gasteiger partial charge in [-0.25, -0.2) is 4.98 Å². The topological polar surface area (TPSA) is 89.0 Å². The lowest BCUT2D eigenvalue weighted by Gasteiger charge is -2.06. The fourth-order valence-electron chi connectivity index (χ4n) is 1.40. The van der Waals surface area contributed by atoms with Crippen molar-refractivity contribution >= 4 is 11.9 Å². The van der Waals surface area contributed by atoms with Crippen molar-refractivity contribution in [2.75, 3.05) is 12.5 Å². The fourth-order valence-corrected chi connectivity index (χ4v) is 1.40. The molecule has 0 saturated heterocycles. The molecule has 7 heteroatoms. The highest BCUT2D eigenvalue weighted by Gasteiger charge is 2.03. The molecule has 2 aromatic rings. The van der Waals surface area contributed by atoms with E-state index in [4.69, 9.17) is 4.74 Å². The first-order valence-electron chi connectivity index (χ1n) is 5.56. The van der Waals surface area contributed by atoms with Crippen LogP contribution in [0.1, 0.15) is 6.92 Å². The standard InChI is InChI=1S/C12H13N5O2/c1-8(18)15-17-12-14-11(7-13-16-12)9-3-5-10(19-2)6-4-9/h3-7H,1-2H3,(H,15,18)(H,14,16,17). The summed E-state index contributed by atoms with van der Waals surface area (Å²) in [6, 6.07) is 7.40. The average molecular weight is 259 g/mol. The highest BCUT2D eigenvalue weighted by Crippen LogP contribution is 2.20. The van der Waals surface area contributed by atoms with E-state index in [2.05, 4.69) is 26.0 Å². The van der Waals surface area contributed by atoms with E-state index in [9.17, 15) is 4.79 Å². The summed E-state index contributed by atoms with van der Waals surface area (Å²) in [5.74, 6) is 0.754. The Bertz CT molecular complexity index is 571. The number of hydrogen-bond acceptors (Lipinski definition) is 6. The van der Waals surface area contributed by atoms with Crippen LogP contribution in [0.15, 0.2) is 30.5 Å². The summed E-state index contributed by atoms with van der Waals surface area (Å²) in [7, 11) is 1.61. The number of hydrazine groups is 1. The van der Waals surface area contributed by atoms with E-state index in [0.717, 1.165) is 11.3 Å². The van der Waals surface area contributed by atoms with Gasteiger partial charge < -0.3 is 4.74 Å². The van der Waals surface area contributed by atoms with Gasteiger partial charge in [0.25, 0.3) is 5.95 Å². The Morgan fingerprint density at radius 2 is 2.00 bits per heavy atom. The molecule has 1 aromatic carbocycles. The molecule has 0 aliphatic heterocycles. The van der Waals surface area contributed by atoms with Crippen LogP contribution in [0.4, 0.5) is 5.95 Å². The van der Waals surface area contributed by atoms with Gasteiger partial charge in [0.1, 0.15) is 5.75 Å². The summed E-state index contributed by atoms with van der Waals surface area (Å²) in [5.41, 5.74) is 6.47. The number of methoxy groups -OCH3 is 1. The number of ether oxygens (including phenoxy) is 1. The van der Waals surface area contributed by atoms with Crippen molar-refractivity contribution < 1.29 is 9.53 Å². The quantitative estimate of drug-likeness (QED) is 0.796. The Morgan fingerprint density at radius 1 is 1.26 bits per heavy atom. The molecule has 1 aromatic heterocycles. The minimum Gasteiger partial charge on any atom is -0.497 e. The molecule has 0 fully saturated rings. The highest BCUT2D eigenvalue weighted by atomic mass is 16.5. The number of carbonyl (C=O) groups excluding carboxylic acids is 1. The number of nitrogens with one attached hydrogen (secondary N) is 2. The molecule has 2 N–H and O–H groups in total. The molecule has 0 radical (unpaired) electrons. The largest absolute Gasteiger partial charge is 0.497 e. The smallest absolute Gasteiger partial charge is 0.262 e. The van der Waals surface area contributed by atoms with Crippen LogP contribution in [0.5, 0.6) is 5.75 Å². The van der Waals surface area contributed by atoms with Gasteiger partial charge in [-0.15, -0.1) is 5.10 Å². The molecular formula is C12H13N5O2. The van der Waals surface area contributed by atoms with Gasteiger partial charge >= 0.3 is 0 Å². The van der Waals surface area contributed by atoms with Crippen LogP contribution in [0.25, 0.3) is 11.3 Å². The van der Waals surface area contributed by atoms with E-state index in [-0.39, 0.29) is 11.9 Å². The molecule has 0 unspecified atom stereocenters. The van der Waals surface area contributed by atoms with Crippen LogP contribution >= 0.6 is 0 Å². The molecular weight excluding hydrogens is 246 g/mol. The van der Waals surface area contributed by atoms with Gasteiger partial charge in [-0.3, -0.25) is 15.6 Å². The zero-order valence-electron chi connectivity index (χ0n) is 10.5. The summed E-state index contributed by atoms with van der Waals surface area (Å²) in [5, 5.41) is 7.58. The normalized spacial score (nSPS) is 9.79. The van der Waals surface area contributed by atoms with E-state index in [0.29, 0.717) is 5.69 Å². The Morgan fingerprint density at radius 3 is 2.63 bits per heavy atom. The summed E-state index contributed by atoms with van der Waals surface area (Å²) in [6.07, 6.45) is 1.54. The van der Waals surface area contributed by atoms with Crippen LogP contribution < -0.4 is 15.6 Å². The van der Waals surface area contributed by atoms with E-state index < -0.39 is 0 Å². The maximum absolute atomic E-state index is 10.8. The zero-order chi connectivity index (χ0) is 13.7. The van der Waals surface area contributed by atoms with Crippen molar-refractivity contribution in [3.63, 3.8) is 0 Å². The van der Waals surface area contributed by atoms with Crippen molar-refractivity contribution in [3.8, 4) is 17.0 Å². The van der Waals surface area contributed by atoms with Crippen LogP contribution in [-0.2, 0) is 4.79 Å². The summed E-state index contributed by atoms with van der Waals surface area (Å²) in [6.45, 7) is 1.38. The van der Waals surface area contributed by atoms with Gasteiger partial charge in [-0.2, -0.15) is 5.10 Å². The third-order valence-electron chi connectivity index (χ3n) is 2.29. The summed E-state index contributed by atoms with van der Waals surface area (Å²) < 4.78 is 5.09. The van der Waals surface area contributed by atoms with Crippen LogP contribution in [0.3, 0.4) is 0 Å². The number of rotatable bonds is 4. The monoisotopic (exact) mass is 259 g/mol. The maximum atomic E-state index is 10.8. The molecule has 2 rings (SSSR count). The molecule has 0 bridgehead atoms. The van der Waals surface area contributed by atoms with E-state index in [1.807, 2.05) is 24.3 Å². The van der Waals surface area contributed by atoms with Gasteiger partial charge in [0.15, 0.2) is 0 Å². The number of carbonyl (C=O) groups is 1. The number of nitrogens with zero attached hydrogens (tertiary/aromatic N) is 3. The average Bonchev–Trinajstić information content (AvgIpc) is 2.45. The zero-order valence-corrected chi connectivity index (χ0v) is 10.5. The molecule has 0 aliphatic carbocycles. The first-order valence-corrected chi connectivity index (χ1v) is 5.56. The second kappa shape index (κ2) is 5.76. The van der Waals surface area contributed by atoms with Gasteiger partial charge in [0.2, 0.25) is 5.91 Å². The van der Waals surface area contributed by atoms with Gasteiger partial charge in [-0.1, -0.05) is 0 Å². The first-order chi connectivity index (χ1) is 9.19. The third-order valence-corrected chi connectivity index (χ3v) is 2.29. The maximum Gasteiger partial charge on any atom is 0.262 e. The SMILES string of the molecule is COc1ccc(-c2cnnc(NNC(C)=O)n2)cc1. The molecule has 0 saturated carbocycles. The second-order valence-electron chi connectivity index (χ2n) is 3.70. The van der Waals surface area contributed by atoms with Crippen LogP contribution in [0, 0.1) is 0 Å². The predicted octanol–water partition coefficient (Wildman–Crippen LogP) is 1.01. The number of anilines is 1. The first kappa shape index (κ1) is 12.7. The van der Waals surface area contributed by atoms with Crippen molar-refractivity contribution in [2.24, 2.45) is 0 Å². The third kappa shape index (κ3) is 3.38. The Labute approximate surface area is 110 Å². The van der Waals surface area contributed by atoms with E-state index in [1.165, 1.54) is 6.92 Å². The molecule has 19 heavy (non-hydrogen) atoms. The molecule has 0 spiro atoms.